The zero-order chi connectivity index (χ0) is 15.4. The van der Waals surface area contributed by atoms with Gasteiger partial charge in [-0.2, -0.15) is 5.10 Å². The lowest BCUT2D eigenvalue weighted by Crippen LogP contribution is -2.17. The summed E-state index contributed by atoms with van der Waals surface area (Å²) < 4.78 is 19.2. The standard InChI is InChI=1S/C17H18FN3O/c1-22-16-8-3-2-5-12(16)11-19-10-9-15-17-13(18)6-4-7-14(17)20-21-15/h2-8,19H,9-11H2,1H3,(H,20,21). The van der Waals surface area contributed by atoms with Crippen molar-refractivity contribution in [3.63, 3.8) is 0 Å². The van der Waals surface area contributed by atoms with Crippen molar-refractivity contribution >= 4 is 10.9 Å². The number of rotatable bonds is 6. The van der Waals surface area contributed by atoms with Crippen LogP contribution in [0.5, 0.6) is 5.75 Å². The van der Waals surface area contributed by atoms with E-state index in [2.05, 4.69) is 15.5 Å². The number of hydrogen-bond acceptors (Lipinski definition) is 3. The van der Waals surface area contributed by atoms with Gasteiger partial charge in [0.2, 0.25) is 0 Å². The van der Waals surface area contributed by atoms with Crippen LogP contribution in [0.15, 0.2) is 42.5 Å². The van der Waals surface area contributed by atoms with E-state index in [-0.39, 0.29) is 5.82 Å². The third kappa shape index (κ3) is 2.94. The molecule has 0 saturated heterocycles. The van der Waals surface area contributed by atoms with Gasteiger partial charge in [-0.15, -0.1) is 0 Å². The topological polar surface area (TPSA) is 49.9 Å². The minimum absolute atomic E-state index is 0.231. The number of nitrogens with one attached hydrogen (secondary N) is 2. The van der Waals surface area contributed by atoms with Crippen molar-refractivity contribution in [1.82, 2.24) is 15.5 Å². The number of fused-ring (bicyclic) bond motifs is 1. The van der Waals surface area contributed by atoms with Gasteiger partial charge in [0.25, 0.3) is 0 Å². The molecule has 3 rings (SSSR count). The van der Waals surface area contributed by atoms with Crippen LogP contribution in [0, 0.1) is 5.82 Å². The van der Waals surface area contributed by atoms with Crippen molar-refractivity contribution in [2.75, 3.05) is 13.7 Å². The molecule has 22 heavy (non-hydrogen) atoms. The van der Waals surface area contributed by atoms with Crippen LogP contribution in [0.2, 0.25) is 0 Å². The third-order valence-electron chi connectivity index (χ3n) is 3.66. The summed E-state index contributed by atoms with van der Waals surface area (Å²) in [4.78, 5) is 0. The number of aromatic nitrogens is 2. The molecule has 0 fully saturated rings. The fourth-order valence-corrected chi connectivity index (χ4v) is 2.55. The minimum atomic E-state index is -0.231. The van der Waals surface area contributed by atoms with Crippen LogP contribution < -0.4 is 10.1 Å². The van der Waals surface area contributed by atoms with Crippen molar-refractivity contribution in [1.29, 1.82) is 0 Å². The van der Waals surface area contributed by atoms with E-state index < -0.39 is 0 Å². The van der Waals surface area contributed by atoms with Crippen molar-refractivity contribution in [3.05, 3.63) is 59.5 Å². The van der Waals surface area contributed by atoms with E-state index in [0.717, 1.165) is 22.5 Å². The molecule has 0 aliphatic heterocycles. The number of methoxy groups -OCH3 is 1. The quantitative estimate of drug-likeness (QED) is 0.688. The largest absolute Gasteiger partial charge is 0.496 e. The fourth-order valence-electron chi connectivity index (χ4n) is 2.55. The predicted molar refractivity (Wildman–Crippen MR) is 84.5 cm³/mol. The highest BCUT2D eigenvalue weighted by molar-refractivity contribution is 5.81. The Morgan fingerprint density at radius 1 is 1.18 bits per heavy atom. The molecular formula is C17H18FN3O. The van der Waals surface area contributed by atoms with Gasteiger partial charge < -0.3 is 10.1 Å². The molecule has 1 heterocycles. The molecular weight excluding hydrogens is 281 g/mol. The number of nitrogens with zero attached hydrogens (tertiary/aromatic N) is 1. The maximum atomic E-state index is 13.9. The van der Waals surface area contributed by atoms with E-state index in [0.29, 0.717) is 24.9 Å². The summed E-state index contributed by atoms with van der Waals surface area (Å²) in [5.41, 5.74) is 2.59. The summed E-state index contributed by atoms with van der Waals surface area (Å²) >= 11 is 0. The molecule has 4 nitrogen and oxygen atoms in total. The second-order valence-electron chi connectivity index (χ2n) is 5.07. The van der Waals surface area contributed by atoms with Gasteiger partial charge in [-0.25, -0.2) is 4.39 Å². The Kier molecular flexibility index (Phi) is 4.34. The van der Waals surface area contributed by atoms with Gasteiger partial charge in [0.1, 0.15) is 11.6 Å². The lowest BCUT2D eigenvalue weighted by atomic mass is 10.1. The van der Waals surface area contributed by atoms with Gasteiger partial charge in [-0.05, 0) is 18.2 Å². The van der Waals surface area contributed by atoms with E-state index in [1.54, 1.807) is 13.2 Å². The molecule has 114 valence electrons. The molecule has 2 aromatic carbocycles. The summed E-state index contributed by atoms with van der Waals surface area (Å²) in [5, 5.41) is 11.0. The fraction of sp³-hybridized carbons (Fsp3) is 0.235. The molecule has 0 unspecified atom stereocenters. The predicted octanol–water partition coefficient (Wildman–Crippen LogP) is 3.04. The average molecular weight is 299 g/mol. The second-order valence-corrected chi connectivity index (χ2v) is 5.07. The SMILES string of the molecule is COc1ccccc1CNCCc1n[nH]c2cccc(F)c12. The molecule has 1 aromatic heterocycles. The molecule has 0 spiro atoms. The number of hydrogen-bond donors (Lipinski definition) is 2. The first-order valence-corrected chi connectivity index (χ1v) is 7.23. The number of ether oxygens (including phenoxy) is 1. The van der Waals surface area contributed by atoms with Crippen molar-refractivity contribution in [3.8, 4) is 5.75 Å². The molecule has 0 saturated carbocycles. The van der Waals surface area contributed by atoms with E-state index in [4.69, 9.17) is 4.74 Å². The molecule has 0 aliphatic rings. The summed E-state index contributed by atoms with van der Waals surface area (Å²) in [6.07, 6.45) is 0.663. The normalized spacial score (nSPS) is 11.0. The lowest BCUT2D eigenvalue weighted by Gasteiger charge is -2.09. The molecule has 5 heteroatoms. The molecule has 0 radical (unpaired) electrons. The number of aromatic amines is 1. The first kappa shape index (κ1) is 14.5. The Hall–Kier alpha value is -2.40. The van der Waals surface area contributed by atoms with E-state index in [9.17, 15) is 4.39 Å². The monoisotopic (exact) mass is 299 g/mol. The van der Waals surface area contributed by atoms with Gasteiger partial charge in [0.15, 0.2) is 0 Å². The number of benzene rings is 2. The first-order valence-electron chi connectivity index (χ1n) is 7.23. The van der Waals surface area contributed by atoms with Gasteiger partial charge in [0.05, 0.1) is 23.7 Å². The Labute approximate surface area is 128 Å². The van der Waals surface area contributed by atoms with Crippen molar-refractivity contribution < 1.29 is 9.13 Å². The van der Waals surface area contributed by atoms with Crippen molar-refractivity contribution in [2.24, 2.45) is 0 Å². The maximum absolute atomic E-state index is 13.9. The molecule has 0 atom stereocenters. The molecule has 3 aromatic rings. The molecule has 0 aliphatic carbocycles. The summed E-state index contributed by atoms with van der Waals surface area (Å²) in [5.74, 6) is 0.636. The van der Waals surface area contributed by atoms with Gasteiger partial charge in [-0.1, -0.05) is 24.3 Å². The number of halogens is 1. The van der Waals surface area contributed by atoms with Crippen LogP contribution in [-0.4, -0.2) is 23.9 Å². The molecule has 2 N–H and O–H groups in total. The van der Waals surface area contributed by atoms with Crippen LogP contribution >= 0.6 is 0 Å². The van der Waals surface area contributed by atoms with Gasteiger partial charge in [-0.3, -0.25) is 5.10 Å². The Bertz CT molecular complexity index is 769. The maximum Gasteiger partial charge on any atom is 0.134 e. The highest BCUT2D eigenvalue weighted by atomic mass is 19.1. The first-order chi connectivity index (χ1) is 10.8. The Morgan fingerprint density at radius 3 is 2.91 bits per heavy atom. The number of para-hydroxylation sites is 1. The van der Waals surface area contributed by atoms with Crippen molar-refractivity contribution in [2.45, 2.75) is 13.0 Å². The summed E-state index contributed by atoms with van der Waals surface area (Å²) in [6, 6.07) is 12.9. The highest BCUT2D eigenvalue weighted by Gasteiger charge is 2.09. The lowest BCUT2D eigenvalue weighted by molar-refractivity contribution is 0.408. The second kappa shape index (κ2) is 6.58. The van der Waals surface area contributed by atoms with Gasteiger partial charge >= 0.3 is 0 Å². The molecule has 0 bridgehead atoms. The zero-order valence-corrected chi connectivity index (χ0v) is 12.4. The van der Waals surface area contributed by atoms with E-state index in [1.165, 1.54) is 6.07 Å². The smallest absolute Gasteiger partial charge is 0.134 e. The number of H-pyrrole nitrogens is 1. The van der Waals surface area contributed by atoms with Crippen LogP contribution in [0.25, 0.3) is 10.9 Å². The minimum Gasteiger partial charge on any atom is -0.496 e. The summed E-state index contributed by atoms with van der Waals surface area (Å²) in [6.45, 7) is 1.42. The third-order valence-corrected chi connectivity index (χ3v) is 3.66. The van der Waals surface area contributed by atoms with Crippen LogP contribution in [0.1, 0.15) is 11.3 Å². The summed E-state index contributed by atoms with van der Waals surface area (Å²) in [7, 11) is 1.66. The Morgan fingerprint density at radius 2 is 2.05 bits per heavy atom. The van der Waals surface area contributed by atoms with Crippen LogP contribution in [0.3, 0.4) is 0 Å². The van der Waals surface area contributed by atoms with E-state index >= 15 is 0 Å². The van der Waals surface area contributed by atoms with Crippen LogP contribution in [-0.2, 0) is 13.0 Å². The highest BCUT2D eigenvalue weighted by Crippen LogP contribution is 2.20. The molecule has 0 amide bonds. The van der Waals surface area contributed by atoms with Gasteiger partial charge in [0, 0.05) is 25.1 Å². The zero-order valence-electron chi connectivity index (χ0n) is 12.4. The van der Waals surface area contributed by atoms with E-state index in [1.807, 2.05) is 30.3 Å². The Balaban J connectivity index is 1.61. The average Bonchev–Trinajstić information content (AvgIpc) is 2.96. The van der Waals surface area contributed by atoms with Crippen LogP contribution in [0.4, 0.5) is 4.39 Å².